The molecule has 25 heavy (non-hydrogen) atoms. The van der Waals surface area contributed by atoms with Crippen LogP contribution >= 0.6 is 0 Å². The molecule has 0 radical (unpaired) electrons. The van der Waals surface area contributed by atoms with Crippen LogP contribution in [0.1, 0.15) is 12.4 Å². The van der Waals surface area contributed by atoms with Crippen LogP contribution in [0, 0.1) is 5.82 Å². The molecular weight excluding hydrogens is 333 g/mol. The van der Waals surface area contributed by atoms with Gasteiger partial charge in [-0.05, 0) is 24.3 Å². The molecule has 0 fully saturated rings. The monoisotopic (exact) mass is 344 g/mol. The number of halogens is 3. The predicted molar refractivity (Wildman–Crippen MR) is 86.0 cm³/mol. The highest BCUT2D eigenvalue weighted by atomic mass is 19.3. The molecule has 0 atom stereocenters. The number of alkyl halides is 2. The van der Waals surface area contributed by atoms with E-state index in [2.05, 4.69) is 9.97 Å². The van der Waals surface area contributed by atoms with Gasteiger partial charge in [0.05, 0.1) is 34.8 Å². The maximum absolute atomic E-state index is 13.5. The van der Waals surface area contributed by atoms with Crippen LogP contribution in [0.25, 0.3) is 21.9 Å². The van der Waals surface area contributed by atoms with Crippen LogP contribution in [0.2, 0.25) is 0 Å². The largest absolute Gasteiger partial charge is 0.320 e. The maximum atomic E-state index is 13.5. The normalized spacial score (nSPS) is 11.7. The number of aromatic nitrogens is 4. The van der Waals surface area contributed by atoms with Crippen molar-refractivity contribution in [3.63, 3.8) is 0 Å². The fraction of sp³-hybridized carbons (Fsp3) is 0.118. The van der Waals surface area contributed by atoms with Crippen molar-refractivity contribution in [3.8, 4) is 0 Å². The van der Waals surface area contributed by atoms with E-state index in [1.165, 1.54) is 17.0 Å². The Hall–Kier alpha value is -3.16. The SMILES string of the molecule is O=c1c2ccc(F)cc2ncn1Cc1nc2ccccc2n1C(F)F. The quantitative estimate of drug-likeness (QED) is 0.573. The van der Waals surface area contributed by atoms with Gasteiger partial charge >= 0.3 is 6.55 Å². The average molecular weight is 344 g/mol. The van der Waals surface area contributed by atoms with Crippen molar-refractivity contribution in [2.45, 2.75) is 13.1 Å². The number of hydrogen-bond acceptors (Lipinski definition) is 3. The van der Waals surface area contributed by atoms with Crippen LogP contribution in [0.3, 0.4) is 0 Å². The molecule has 0 saturated carbocycles. The second-order valence-corrected chi connectivity index (χ2v) is 5.50. The minimum atomic E-state index is -2.79. The standard InChI is InChI=1S/C17H11F3N4O/c18-10-5-6-11-13(7-10)21-9-23(16(11)25)8-15-22-12-3-1-2-4-14(12)24(15)17(19)20/h1-7,9,17H,8H2. The second-order valence-electron chi connectivity index (χ2n) is 5.50. The lowest BCUT2D eigenvalue weighted by Crippen LogP contribution is -2.23. The Morgan fingerprint density at radius 3 is 2.68 bits per heavy atom. The van der Waals surface area contributed by atoms with Crippen molar-refractivity contribution in [2.24, 2.45) is 0 Å². The first kappa shape index (κ1) is 15.4. The molecule has 0 bridgehead atoms. The van der Waals surface area contributed by atoms with Crippen LogP contribution < -0.4 is 5.56 Å². The van der Waals surface area contributed by atoms with Gasteiger partial charge in [0.25, 0.3) is 5.56 Å². The van der Waals surface area contributed by atoms with E-state index in [9.17, 15) is 18.0 Å². The molecule has 4 aromatic rings. The van der Waals surface area contributed by atoms with Crippen molar-refractivity contribution < 1.29 is 13.2 Å². The van der Waals surface area contributed by atoms with Crippen LogP contribution in [0.15, 0.2) is 53.6 Å². The molecule has 0 unspecified atom stereocenters. The number of nitrogens with zero attached hydrogens (tertiary/aromatic N) is 4. The lowest BCUT2D eigenvalue weighted by Gasteiger charge is -2.10. The van der Waals surface area contributed by atoms with Gasteiger partial charge < -0.3 is 0 Å². The number of imidazole rings is 1. The maximum Gasteiger partial charge on any atom is 0.320 e. The van der Waals surface area contributed by atoms with Crippen molar-refractivity contribution in [3.05, 3.63) is 70.8 Å². The summed E-state index contributed by atoms with van der Waals surface area (Å²) in [5.74, 6) is -0.460. The summed E-state index contributed by atoms with van der Waals surface area (Å²) in [6.07, 6.45) is 1.21. The summed E-state index contributed by atoms with van der Waals surface area (Å²) in [6.45, 7) is -2.96. The van der Waals surface area contributed by atoms with Crippen LogP contribution in [0.5, 0.6) is 0 Å². The van der Waals surface area contributed by atoms with Crippen molar-refractivity contribution in [2.75, 3.05) is 0 Å². The van der Waals surface area contributed by atoms with Gasteiger partial charge in [0.15, 0.2) is 0 Å². The fourth-order valence-electron chi connectivity index (χ4n) is 2.82. The fourth-order valence-corrected chi connectivity index (χ4v) is 2.82. The summed E-state index contributed by atoms with van der Waals surface area (Å²) in [4.78, 5) is 20.7. The Kier molecular flexibility index (Phi) is 3.52. The van der Waals surface area contributed by atoms with Gasteiger partial charge in [0.2, 0.25) is 0 Å². The van der Waals surface area contributed by atoms with Gasteiger partial charge in [0, 0.05) is 6.07 Å². The first-order valence-electron chi connectivity index (χ1n) is 7.43. The van der Waals surface area contributed by atoms with E-state index in [1.54, 1.807) is 24.3 Å². The van der Waals surface area contributed by atoms with Gasteiger partial charge in [-0.3, -0.25) is 13.9 Å². The molecule has 0 amide bonds. The van der Waals surface area contributed by atoms with E-state index >= 15 is 0 Å². The van der Waals surface area contributed by atoms with Crippen LogP contribution in [-0.2, 0) is 6.54 Å². The molecule has 2 aromatic heterocycles. The lowest BCUT2D eigenvalue weighted by atomic mass is 10.2. The van der Waals surface area contributed by atoms with Gasteiger partial charge in [-0.2, -0.15) is 8.78 Å². The minimum Gasteiger partial charge on any atom is -0.291 e. The predicted octanol–water partition coefficient (Wildman–Crippen LogP) is 3.33. The molecule has 126 valence electrons. The van der Waals surface area contributed by atoms with E-state index in [0.717, 1.165) is 16.7 Å². The molecule has 2 aromatic carbocycles. The second kappa shape index (κ2) is 5.73. The molecule has 8 heteroatoms. The summed E-state index contributed by atoms with van der Waals surface area (Å²) in [7, 11) is 0. The Labute approximate surface area is 139 Å². The third kappa shape index (κ3) is 2.55. The number of fused-ring (bicyclic) bond motifs is 2. The molecule has 0 aliphatic rings. The number of para-hydroxylation sites is 2. The number of rotatable bonds is 3. The molecule has 0 aliphatic carbocycles. The average Bonchev–Trinajstić information content (AvgIpc) is 2.95. The Morgan fingerprint density at radius 2 is 1.88 bits per heavy atom. The van der Waals surface area contributed by atoms with E-state index in [4.69, 9.17) is 0 Å². The third-order valence-corrected chi connectivity index (χ3v) is 3.96. The van der Waals surface area contributed by atoms with Crippen molar-refractivity contribution in [1.29, 1.82) is 0 Å². The van der Waals surface area contributed by atoms with E-state index in [0.29, 0.717) is 5.52 Å². The topological polar surface area (TPSA) is 52.7 Å². The highest BCUT2D eigenvalue weighted by molar-refractivity contribution is 5.77. The molecule has 5 nitrogen and oxygen atoms in total. The molecule has 0 aliphatic heterocycles. The lowest BCUT2D eigenvalue weighted by molar-refractivity contribution is 0.0711. The van der Waals surface area contributed by atoms with Gasteiger partial charge in [0.1, 0.15) is 11.6 Å². The summed E-state index contributed by atoms with van der Waals surface area (Å²) in [6, 6.07) is 10.1. The van der Waals surface area contributed by atoms with Gasteiger partial charge in [-0.15, -0.1) is 0 Å². The molecular formula is C17H11F3N4O. The summed E-state index contributed by atoms with van der Waals surface area (Å²) >= 11 is 0. The van der Waals surface area contributed by atoms with Crippen LogP contribution in [-0.4, -0.2) is 19.1 Å². The van der Waals surface area contributed by atoms with Crippen molar-refractivity contribution in [1.82, 2.24) is 19.1 Å². The smallest absolute Gasteiger partial charge is 0.291 e. The zero-order valence-corrected chi connectivity index (χ0v) is 12.7. The first-order chi connectivity index (χ1) is 12.0. The minimum absolute atomic E-state index is 0.0431. The Morgan fingerprint density at radius 1 is 1.08 bits per heavy atom. The number of benzene rings is 2. The van der Waals surface area contributed by atoms with Gasteiger partial charge in [-0.1, -0.05) is 12.1 Å². The van der Waals surface area contributed by atoms with Crippen LogP contribution in [0.4, 0.5) is 13.2 Å². The summed E-state index contributed by atoms with van der Waals surface area (Å²) in [5.41, 5.74) is 0.472. The molecule has 0 N–H and O–H groups in total. The zero-order valence-electron chi connectivity index (χ0n) is 12.7. The third-order valence-electron chi connectivity index (χ3n) is 3.96. The Bertz CT molecular complexity index is 1150. The molecule has 0 saturated heterocycles. The first-order valence-corrected chi connectivity index (χ1v) is 7.43. The number of hydrogen-bond donors (Lipinski definition) is 0. The summed E-state index contributed by atoms with van der Waals surface area (Å²) in [5, 5.41) is 0.212. The highest BCUT2D eigenvalue weighted by Crippen LogP contribution is 2.23. The molecule has 0 spiro atoms. The Balaban J connectivity index is 1.86. The molecule has 2 heterocycles. The van der Waals surface area contributed by atoms with E-state index in [1.807, 2.05) is 0 Å². The van der Waals surface area contributed by atoms with Crippen molar-refractivity contribution >= 4 is 21.9 Å². The van der Waals surface area contributed by atoms with Gasteiger partial charge in [-0.25, -0.2) is 14.4 Å². The highest BCUT2D eigenvalue weighted by Gasteiger charge is 2.18. The zero-order chi connectivity index (χ0) is 17.6. The van der Waals surface area contributed by atoms with E-state index < -0.39 is 17.9 Å². The van der Waals surface area contributed by atoms with E-state index in [-0.39, 0.29) is 28.8 Å². The molecule has 4 rings (SSSR count). The summed E-state index contributed by atoms with van der Waals surface area (Å²) < 4.78 is 42.1.